The number of hydrogen-bond donors (Lipinski definition) is 2. The van der Waals surface area contributed by atoms with Gasteiger partial charge in [0.1, 0.15) is 0 Å². The van der Waals surface area contributed by atoms with Crippen molar-refractivity contribution < 1.29 is 18.3 Å². The second-order valence-electron chi connectivity index (χ2n) is 4.72. The van der Waals surface area contributed by atoms with Crippen molar-refractivity contribution in [1.29, 1.82) is 0 Å². The van der Waals surface area contributed by atoms with Crippen molar-refractivity contribution in [2.45, 2.75) is 24.8 Å². The van der Waals surface area contributed by atoms with E-state index in [1.807, 2.05) is 36.6 Å². The van der Waals surface area contributed by atoms with Crippen LogP contribution in [0.4, 0.5) is 0 Å². The third kappa shape index (κ3) is 7.28. The molecule has 1 aromatic rings. The number of thioether (sulfide) groups is 1. The minimum atomic E-state index is -3.40. The summed E-state index contributed by atoms with van der Waals surface area (Å²) >= 11 is 1.44. The van der Waals surface area contributed by atoms with Gasteiger partial charge in [0.05, 0.1) is 25.6 Å². The Kier molecular flexibility index (Phi) is 8.28. The first-order valence-electron chi connectivity index (χ1n) is 6.74. The average molecular weight is 333 g/mol. The number of aliphatic hydroxyl groups is 1. The number of rotatable bonds is 10. The molecule has 0 saturated carbocycles. The van der Waals surface area contributed by atoms with Gasteiger partial charge in [-0.25, -0.2) is 13.1 Å². The number of hydrogen-bond acceptors (Lipinski definition) is 5. The highest BCUT2D eigenvalue weighted by Crippen LogP contribution is 2.11. The Morgan fingerprint density at radius 1 is 1.33 bits per heavy atom. The lowest BCUT2D eigenvalue weighted by Gasteiger charge is -2.21. The van der Waals surface area contributed by atoms with Gasteiger partial charge in [-0.05, 0) is 18.7 Å². The Balaban J connectivity index is 2.33. The number of aliphatic hydroxyl groups excluding tert-OH is 1. The Labute approximate surface area is 131 Å². The van der Waals surface area contributed by atoms with E-state index in [2.05, 4.69) is 4.72 Å². The summed E-state index contributed by atoms with van der Waals surface area (Å²) in [6.45, 7) is 2.23. The van der Waals surface area contributed by atoms with Crippen LogP contribution in [0.25, 0.3) is 0 Å². The molecule has 0 amide bonds. The predicted molar refractivity (Wildman–Crippen MR) is 86.9 cm³/mol. The molecular weight excluding hydrogens is 310 g/mol. The van der Waals surface area contributed by atoms with Gasteiger partial charge in [-0.15, -0.1) is 0 Å². The molecule has 0 saturated heterocycles. The van der Waals surface area contributed by atoms with Crippen LogP contribution in [0.15, 0.2) is 30.3 Å². The first-order chi connectivity index (χ1) is 9.98. The molecule has 0 radical (unpaired) electrons. The number of nitrogens with one attached hydrogen (secondary N) is 1. The second kappa shape index (κ2) is 9.42. The van der Waals surface area contributed by atoms with E-state index in [1.54, 1.807) is 6.92 Å². The van der Waals surface area contributed by atoms with Crippen LogP contribution in [0.5, 0.6) is 0 Å². The minimum absolute atomic E-state index is 0.0602. The molecule has 0 aromatic heterocycles. The lowest BCUT2D eigenvalue weighted by atomic mass is 10.2. The Morgan fingerprint density at radius 3 is 2.57 bits per heavy atom. The first kappa shape index (κ1) is 18.4. The van der Waals surface area contributed by atoms with Crippen LogP contribution in [0.3, 0.4) is 0 Å². The second-order valence-corrected chi connectivity index (χ2v) is 7.67. The molecule has 1 rings (SSSR count). The van der Waals surface area contributed by atoms with Crippen LogP contribution in [0, 0.1) is 0 Å². The maximum absolute atomic E-state index is 11.9. The highest BCUT2D eigenvalue weighted by Gasteiger charge is 2.21. The molecular formula is C14H23NO4S2. The molecule has 21 heavy (non-hydrogen) atoms. The van der Waals surface area contributed by atoms with Gasteiger partial charge in [0.15, 0.2) is 0 Å². The van der Waals surface area contributed by atoms with E-state index in [4.69, 9.17) is 9.84 Å². The van der Waals surface area contributed by atoms with Crippen molar-refractivity contribution in [3.8, 4) is 0 Å². The average Bonchev–Trinajstić information content (AvgIpc) is 2.45. The number of sulfonamides is 1. The fourth-order valence-electron chi connectivity index (χ4n) is 1.79. The zero-order chi connectivity index (χ0) is 15.7. The van der Waals surface area contributed by atoms with Crippen LogP contribution < -0.4 is 4.72 Å². The summed E-state index contributed by atoms with van der Waals surface area (Å²) in [4.78, 5) is 0. The molecule has 2 atom stereocenters. The summed E-state index contributed by atoms with van der Waals surface area (Å²) in [6.07, 6.45) is 1.84. The summed E-state index contributed by atoms with van der Waals surface area (Å²) in [6, 6.07) is 9.29. The topological polar surface area (TPSA) is 75.6 Å². The van der Waals surface area contributed by atoms with Crippen LogP contribution in [0.2, 0.25) is 0 Å². The summed E-state index contributed by atoms with van der Waals surface area (Å²) in [5.41, 5.74) is 1.01. The van der Waals surface area contributed by atoms with Crippen LogP contribution >= 0.6 is 11.8 Å². The van der Waals surface area contributed by atoms with Gasteiger partial charge in [-0.2, -0.15) is 11.8 Å². The van der Waals surface area contributed by atoms with E-state index in [9.17, 15) is 8.42 Å². The van der Waals surface area contributed by atoms with E-state index in [0.717, 1.165) is 5.56 Å². The summed E-state index contributed by atoms with van der Waals surface area (Å²) in [5, 5.41) is 9.00. The van der Waals surface area contributed by atoms with Crippen molar-refractivity contribution in [1.82, 2.24) is 4.72 Å². The normalized spacial score (nSPS) is 14.8. The third-order valence-corrected chi connectivity index (χ3v) is 5.61. The zero-order valence-corrected chi connectivity index (χ0v) is 14.0. The van der Waals surface area contributed by atoms with E-state index < -0.39 is 10.0 Å². The minimum Gasteiger partial charge on any atom is -0.395 e. The van der Waals surface area contributed by atoms with Crippen molar-refractivity contribution in [3.63, 3.8) is 0 Å². The highest BCUT2D eigenvalue weighted by atomic mass is 32.2. The zero-order valence-electron chi connectivity index (χ0n) is 12.4. The van der Waals surface area contributed by atoms with Crippen LogP contribution in [-0.2, 0) is 21.4 Å². The highest BCUT2D eigenvalue weighted by molar-refractivity contribution is 7.99. The maximum atomic E-state index is 11.9. The molecule has 2 unspecified atom stereocenters. The number of benzene rings is 1. The molecule has 5 nitrogen and oxygen atoms in total. The third-order valence-electron chi connectivity index (χ3n) is 3.01. The predicted octanol–water partition coefficient (Wildman–Crippen LogP) is 1.23. The molecule has 0 spiro atoms. The lowest BCUT2D eigenvalue weighted by Crippen LogP contribution is -2.42. The smallest absolute Gasteiger partial charge is 0.214 e. The fourth-order valence-corrected chi connectivity index (χ4v) is 3.69. The SMILES string of the molecule is CSC(CO)C(C)NS(=O)(=O)CCOCc1ccccc1. The van der Waals surface area contributed by atoms with Gasteiger partial charge in [-0.3, -0.25) is 0 Å². The van der Waals surface area contributed by atoms with E-state index in [-0.39, 0.29) is 30.3 Å². The molecule has 0 aliphatic heterocycles. The largest absolute Gasteiger partial charge is 0.395 e. The van der Waals surface area contributed by atoms with Crippen molar-refractivity contribution >= 4 is 21.8 Å². The Hall–Kier alpha value is -0.600. The van der Waals surface area contributed by atoms with Crippen LogP contribution in [0.1, 0.15) is 12.5 Å². The fraction of sp³-hybridized carbons (Fsp3) is 0.571. The van der Waals surface area contributed by atoms with Crippen molar-refractivity contribution in [2.24, 2.45) is 0 Å². The molecule has 1 aromatic carbocycles. The van der Waals surface area contributed by atoms with Gasteiger partial charge < -0.3 is 9.84 Å². The van der Waals surface area contributed by atoms with Crippen LogP contribution in [-0.4, -0.2) is 50.0 Å². The first-order valence-corrected chi connectivity index (χ1v) is 9.68. The Morgan fingerprint density at radius 2 is 2.00 bits per heavy atom. The van der Waals surface area contributed by atoms with Crippen molar-refractivity contribution in [2.75, 3.05) is 25.2 Å². The quantitative estimate of drug-likeness (QED) is 0.630. The monoisotopic (exact) mass is 333 g/mol. The van der Waals surface area contributed by atoms with Gasteiger partial charge in [0.2, 0.25) is 10.0 Å². The van der Waals surface area contributed by atoms with E-state index in [0.29, 0.717) is 6.61 Å². The molecule has 120 valence electrons. The molecule has 0 heterocycles. The van der Waals surface area contributed by atoms with E-state index >= 15 is 0 Å². The Bertz CT molecular complexity index is 489. The lowest BCUT2D eigenvalue weighted by molar-refractivity contribution is 0.135. The molecule has 0 aliphatic carbocycles. The molecule has 0 fully saturated rings. The summed E-state index contributed by atoms with van der Waals surface area (Å²) in [7, 11) is -3.40. The molecule has 0 bridgehead atoms. The van der Waals surface area contributed by atoms with E-state index in [1.165, 1.54) is 11.8 Å². The molecule has 7 heteroatoms. The summed E-state index contributed by atoms with van der Waals surface area (Å²) in [5.74, 6) is -0.0866. The van der Waals surface area contributed by atoms with Gasteiger partial charge in [0, 0.05) is 11.3 Å². The van der Waals surface area contributed by atoms with Gasteiger partial charge in [0.25, 0.3) is 0 Å². The standard InChI is InChI=1S/C14H23NO4S2/c1-12(14(10-16)20-2)15-21(17,18)9-8-19-11-13-6-4-3-5-7-13/h3-7,12,14-16H,8-11H2,1-2H3. The van der Waals surface area contributed by atoms with Gasteiger partial charge >= 0.3 is 0 Å². The molecule has 2 N–H and O–H groups in total. The summed E-state index contributed by atoms with van der Waals surface area (Å²) < 4.78 is 31.8. The molecule has 0 aliphatic rings. The number of ether oxygens (including phenoxy) is 1. The van der Waals surface area contributed by atoms with Crippen molar-refractivity contribution in [3.05, 3.63) is 35.9 Å². The maximum Gasteiger partial charge on any atom is 0.214 e. The van der Waals surface area contributed by atoms with Gasteiger partial charge in [-0.1, -0.05) is 30.3 Å².